The number of nitrogens with one attached hydrogen (secondary N) is 1. The molecule has 0 saturated carbocycles. The molecule has 2 aromatic rings. The van der Waals surface area contributed by atoms with Gasteiger partial charge in [0.05, 0.1) is 5.25 Å². The van der Waals surface area contributed by atoms with Crippen molar-refractivity contribution in [2.75, 3.05) is 6.54 Å². The quantitative estimate of drug-likeness (QED) is 0.643. The van der Waals surface area contributed by atoms with Gasteiger partial charge in [-0.15, -0.1) is 10.2 Å². The van der Waals surface area contributed by atoms with Crippen LogP contribution in [-0.4, -0.2) is 32.5 Å². The van der Waals surface area contributed by atoms with Crippen LogP contribution in [-0.2, 0) is 17.9 Å². The van der Waals surface area contributed by atoms with E-state index in [-0.39, 0.29) is 11.2 Å². The number of hydrogen-bond donors (Lipinski definition) is 1. The van der Waals surface area contributed by atoms with Gasteiger partial charge in [-0.25, -0.2) is 0 Å². The van der Waals surface area contributed by atoms with Gasteiger partial charge in [-0.3, -0.25) is 4.79 Å². The van der Waals surface area contributed by atoms with Crippen LogP contribution in [0.5, 0.6) is 5.75 Å². The van der Waals surface area contributed by atoms with Crippen molar-refractivity contribution in [1.82, 2.24) is 20.1 Å². The van der Waals surface area contributed by atoms with E-state index in [4.69, 9.17) is 4.74 Å². The fraction of sp³-hybridized carbons (Fsp3) is 0.526. The number of ether oxygens (including phenoxy) is 1. The van der Waals surface area contributed by atoms with Crippen molar-refractivity contribution >= 4 is 17.7 Å². The smallest absolute Gasteiger partial charge is 0.233 e. The molecule has 2 rings (SSSR count). The highest BCUT2D eigenvalue weighted by Crippen LogP contribution is 2.24. The average Bonchev–Trinajstić information content (AvgIpc) is 3.00. The molecule has 0 aliphatic carbocycles. The highest BCUT2D eigenvalue weighted by atomic mass is 32.2. The Morgan fingerprint density at radius 3 is 2.62 bits per heavy atom. The Kier molecular flexibility index (Phi) is 7.97. The Morgan fingerprint density at radius 2 is 1.96 bits per heavy atom. The summed E-state index contributed by atoms with van der Waals surface area (Å²) >= 11 is 1.43. The SMILES string of the molecule is CCNC(=O)[C@H](C)Sc1nnc(COc2ccccc2)n1CCC(C)C. The lowest BCUT2D eigenvalue weighted by atomic mass is 10.1. The zero-order valence-corrected chi connectivity index (χ0v) is 16.8. The maximum atomic E-state index is 12.0. The summed E-state index contributed by atoms with van der Waals surface area (Å²) in [6.07, 6.45) is 1.01. The van der Waals surface area contributed by atoms with Crippen LogP contribution in [0.25, 0.3) is 0 Å². The van der Waals surface area contributed by atoms with Crippen molar-refractivity contribution < 1.29 is 9.53 Å². The van der Waals surface area contributed by atoms with Crippen LogP contribution in [0, 0.1) is 5.92 Å². The molecule has 1 N–H and O–H groups in total. The first kappa shape index (κ1) is 20.3. The molecule has 7 heteroatoms. The normalized spacial score (nSPS) is 12.2. The second kappa shape index (κ2) is 10.2. The molecular weight excluding hydrogens is 348 g/mol. The van der Waals surface area contributed by atoms with Crippen molar-refractivity contribution in [2.45, 2.75) is 57.7 Å². The van der Waals surface area contributed by atoms with Crippen molar-refractivity contribution in [3.8, 4) is 5.75 Å². The lowest BCUT2D eigenvalue weighted by Gasteiger charge is -2.14. The number of carbonyl (C=O) groups is 1. The van der Waals surface area contributed by atoms with E-state index in [0.29, 0.717) is 19.1 Å². The molecule has 0 aliphatic rings. The second-order valence-corrected chi connectivity index (χ2v) is 7.80. The van der Waals surface area contributed by atoms with Crippen LogP contribution < -0.4 is 10.1 Å². The average molecular weight is 377 g/mol. The molecule has 1 aromatic heterocycles. The molecule has 6 nitrogen and oxygen atoms in total. The predicted octanol–water partition coefficient (Wildman–Crippen LogP) is 3.52. The molecule has 1 aromatic carbocycles. The molecule has 26 heavy (non-hydrogen) atoms. The monoisotopic (exact) mass is 376 g/mol. The predicted molar refractivity (Wildman–Crippen MR) is 104 cm³/mol. The van der Waals surface area contributed by atoms with Gasteiger partial charge in [0.25, 0.3) is 0 Å². The van der Waals surface area contributed by atoms with E-state index in [0.717, 1.165) is 29.7 Å². The lowest BCUT2D eigenvalue weighted by Crippen LogP contribution is -2.30. The first-order valence-corrected chi connectivity index (χ1v) is 9.93. The summed E-state index contributed by atoms with van der Waals surface area (Å²) in [4.78, 5) is 12.0. The maximum Gasteiger partial charge on any atom is 0.233 e. The molecule has 0 saturated heterocycles. The lowest BCUT2D eigenvalue weighted by molar-refractivity contribution is -0.120. The molecular formula is C19H28N4O2S. The van der Waals surface area contributed by atoms with Crippen molar-refractivity contribution in [1.29, 1.82) is 0 Å². The van der Waals surface area contributed by atoms with Crippen LogP contribution in [0.15, 0.2) is 35.5 Å². The fourth-order valence-corrected chi connectivity index (χ4v) is 3.24. The van der Waals surface area contributed by atoms with Crippen LogP contribution in [0.4, 0.5) is 0 Å². The third-order valence-corrected chi connectivity index (χ3v) is 4.92. The van der Waals surface area contributed by atoms with E-state index < -0.39 is 0 Å². The zero-order chi connectivity index (χ0) is 18.9. The number of thioether (sulfide) groups is 1. The van der Waals surface area contributed by atoms with Gasteiger partial charge < -0.3 is 14.6 Å². The third kappa shape index (κ3) is 6.05. The maximum absolute atomic E-state index is 12.0. The first-order valence-electron chi connectivity index (χ1n) is 9.05. The van der Waals surface area contributed by atoms with Crippen molar-refractivity contribution in [3.63, 3.8) is 0 Å². The minimum atomic E-state index is -0.222. The Labute approximate surface area is 159 Å². The number of para-hydroxylation sites is 1. The molecule has 0 bridgehead atoms. The van der Waals surface area contributed by atoms with Gasteiger partial charge in [-0.2, -0.15) is 0 Å². The summed E-state index contributed by atoms with van der Waals surface area (Å²) in [5.74, 6) is 2.16. The summed E-state index contributed by atoms with van der Waals surface area (Å²) in [6.45, 7) is 9.97. The Hall–Kier alpha value is -2.02. The Balaban J connectivity index is 2.11. The second-order valence-electron chi connectivity index (χ2n) is 6.49. The van der Waals surface area contributed by atoms with Gasteiger partial charge in [-0.05, 0) is 38.3 Å². The number of rotatable bonds is 10. The van der Waals surface area contributed by atoms with Crippen molar-refractivity contribution in [3.05, 3.63) is 36.2 Å². The summed E-state index contributed by atoms with van der Waals surface area (Å²) in [5.41, 5.74) is 0. The first-order chi connectivity index (χ1) is 12.5. The minimum Gasteiger partial charge on any atom is -0.486 e. The molecule has 1 atom stereocenters. The van der Waals surface area contributed by atoms with Crippen LogP contribution in [0.2, 0.25) is 0 Å². The van der Waals surface area contributed by atoms with Gasteiger partial charge in [0, 0.05) is 13.1 Å². The van der Waals surface area contributed by atoms with Gasteiger partial charge in [0.1, 0.15) is 12.4 Å². The van der Waals surface area contributed by atoms with Crippen molar-refractivity contribution in [2.24, 2.45) is 5.92 Å². The molecule has 142 valence electrons. The number of hydrogen-bond acceptors (Lipinski definition) is 5. The van der Waals surface area contributed by atoms with E-state index in [2.05, 4.69) is 33.9 Å². The van der Waals surface area contributed by atoms with Crippen LogP contribution in [0.3, 0.4) is 0 Å². The third-order valence-electron chi connectivity index (χ3n) is 3.84. The number of carbonyl (C=O) groups excluding carboxylic acids is 1. The fourth-order valence-electron chi connectivity index (χ4n) is 2.32. The number of nitrogens with zero attached hydrogens (tertiary/aromatic N) is 3. The van der Waals surface area contributed by atoms with Crippen LogP contribution >= 0.6 is 11.8 Å². The topological polar surface area (TPSA) is 69.0 Å². The molecule has 1 amide bonds. The van der Waals surface area contributed by atoms with E-state index in [1.165, 1.54) is 11.8 Å². The molecule has 0 fully saturated rings. The summed E-state index contributed by atoms with van der Waals surface area (Å²) in [6, 6.07) is 9.67. The number of amides is 1. The minimum absolute atomic E-state index is 0.0120. The standard InChI is InChI=1S/C19H28N4O2S/c1-5-20-18(24)15(4)26-19-22-21-17(23(19)12-11-14(2)3)13-25-16-9-7-6-8-10-16/h6-10,14-15H,5,11-13H2,1-4H3,(H,20,24)/t15-/m0/s1. The molecule has 0 spiro atoms. The van der Waals surface area contributed by atoms with Gasteiger partial charge in [0.2, 0.25) is 5.91 Å². The molecule has 0 aliphatic heterocycles. The van der Waals surface area contributed by atoms with Gasteiger partial charge in [-0.1, -0.05) is 43.8 Å². The summed E-state index contributed by atoms with van der Waals surface area (Å²) in [7, 11) is 0. The highest BCUT2D eigenvalue weighted by Gasteiger charge is 2.20. The number of benzene rings is 1. The summed E-state index contributed by atoms with van der Waals surface area (Å²) in [5, 5.41) is 12.0. The van der Waals surface area contributed by atoms with E-state index in [1.54, 1.807) is 0 Å². The van der Waals surface area contributed by atoms with Gasteiger partial charge in [0.15, 0.2) is 11.0 Å². The Morgan fingerprint density at radius 1 is 1.23 bits per heavy atom. The Bertz CT molecular complexity index is 688. The molecule has 0 unspecified atom stereocenters. The molecule has 0 radical (unpaired) electrons. The van der Waals surface area contributed by atoms with Crippen LogP contribution in [0.1, 0.15) is 39.9 Å². The number of aromatic nitrogens is 3. The van der Waals surface area contributed by atoms with E-state index in [9.17, 15) is 4.79 Å². The molecule has 1 heterocycles. The highest BCUT2D eigenvalue weighted by molar-refractivity contribution is 8.00. The van der Waals surface area contributed by atoms with E-state index in [1.807, 2.05) is 44.2 Å². The zero-order valence-electron chi connectivity index (χ0n) is 15.9. The largest absolute Gasteiger partial charge is 0.486 e. The van der Waals surface area contributed by atoms with E-state index >= 15 is 0 Å². The van der Waals surface area contributed by atoms with Gasteiger partial charge >= 0.3 is 0 Å². The summed E-state index contributed by atoms with van der Waals surface area (Å²) < 4.78 is 7.90.